The Morgan fingerprint density at radius 1 is 1.39 bits per heavy atom. The van der Waals surface area contributed by atoms with Crippen molar-refractivity contribution in [2.24, 2.45) is 10.9 Å². The van der Waals surface area contributed by atoms with Crippen LogP contribution in [0.25, 0.3) is 0 Å². The van der Waals surface area contributed by atoms with Crippen molar-refractivity contribution in [1.82, 2.24) is 10.2 Å². The van der Waals surface area contributed by atoms with Crippen molar-refractivity contribution in [3.05, 3.63) is 23.8 Å². The first-order valence-electron chi connectivity index (χ1n) is 7.88. The van der Waals surface area contributed by atoms with Crippen molar-refractivity contribution in [2.75, 3.05) is 48.1 Å². The lowest BCUT2D eigenvalue weighted by Crippen LogP contribution is -2.40. The van der Waals surface area contributed by atoms with Gasteiger partial charge in [-0.15, -0.1) is 0 Å². The van der Waals surface area contributed by atoms with E-state index in [4.69, 9.17) is 14.2 Å². The summed E-state index contributed by atoms with van der Waals surface area (Å²) in [5, 5.41) is 3.42. The Labute approximate surface area is 138 Å². The molecule has 0 spiro atoms. The number of guanidine groups is 1. The summed E-state index contributed by atoms with van der Waals surface area (Å²) < 4.78 is 16.1. The molecule has 0 saturated carbocycles. The maximum atomic E-state index is 5.46. The first-order valence-corrected chi connectivity index (χ1v) is 7.88. The van der Waals surface area contributed by atoms with Crippen molar-refractivity contribution in [3.8, 4) is 11.5 Å². The number of rotatable bonds is 6. The molecule has 0 aromatic heterocycles. The van der Waals surface area contributed by atoms with Crippen LogP contribution in [0.1, 0.15) is 12.0 Å². The molecule has 1 fully saturated rings. The van der Waals surface area contributed by atoms with Crippen molar-refractivity contribution >= 4 is 5.96 Å². The molecule has 6 heteroatoms. The van der Waals surface area contributed by atoms with E-state index in [9.17, 15) is 0 Å². The Morgan fingerprint density at radius 3 is 2.83 bits per heavy atom. The van der Waals surface area contributed by atoms with E-state index < -0.39 is 0 Å². The average Bonchev–Trinajstić information content (AvgIpc) is 3.09. The number of aliphatic imine (C=N–C) groups is 1. The normalized spacial score (nSPS) is 17.9. The molecule has 1 aromatic carbocycles. The van der Waals surface area contributed by atoms with E-state index in [-0.39, 0.29) is 0 Å². The summed E-state index contributed by atoms with van der Waals surface area (Å²) >= 11 is 0. The third-order valence-corrected chi connectivity index (χ3v) is 4.05. The number of hydrogen-bond donors (Lipinski definition) is 1. The molecular weight excluding hydrogens is 294 g/mol. The first kappa shape index (κ1) is 17.4. The maximum Gasteiger partial charge on any atom is 0.193 e. The second-order valence-corrected chi connectivity index (χ2v) is 5.69. The molecule has 1 aliphatic rings. The third kappa shape index (κ3) is 4.76. The molecule has 1 aliphatic heterocycles. The molecule has 128 valence electrons. The summed E-state index contributed by atoms with van der Waals surface area (Å²) in [7, 11) is 7.14. The lowest BCUT2D eigenvalue weighted by atomic mass is 10.1. The van der Waals surface area contributed by atoms with Gasteiger partial charge in [-0.05, 0) is 18.6 Å². The van der Waals surface area contributed by atoms with Gasteiger partial charge >= 0.3 is 0 Å². The Kier molecular flexibility index (Phi) is 6.52. The van der Waals surface area contributed by atoms with Gasteiger partial charge in [-0.1, -0.05) is 0 Å². The summed E-state index contributed by atoms with van der Waals surface area (Å²) in [6, 6.07) is 5.86. The van der Waals surface area contributed by atoms with Crippen molar-refractivity contribution < 1.29 is 14.2 Å². The van der Waals surface area contributed by atoms with E-state index in [2.05, 4.69) is 15.2 Å². The smallest absolute Gasteiger partial charge is 0.193 e. The van der Waals surface area contributed by atoms with Crippen LogP contribution in [0.5, 0.6) is 11.5 Å². The molecule has 1 unspecified atom stereocenters. The molecule has 0 bridgehead atoms. The average molecular weight is 321 g/mol. The lowest BCUT2D eigenvalue weighted by molar-refractivity contribution is 0.186. The molecule has 2 rings (SSSR count). The van der Waals surface area contributed by atoms with E-state index >= 15 is 0 Å². The highest BCUT2D eigenvalue weighted by Gasteiger charge is 2.17. The number of nitrogens with one attached hydrogen (secondary N) is 1. The van der Waals surface area contributed by atoms with E-state index in [1.807, 2.05) is 25.2 Å². The highest BCUT2D eigenvalue weighted by Crippen LogP contribution is 2.25. The van der Waals surface area contributed by atoms with Crippen LogP contribution in [0, 0.1) is 5.92 Å². The quantitative estimate of drug-likeness (QED) is 0.639. The molecule has 0 amide bonds. The summed E-state index contributed by atoms with van der Waals surface area (Å²) in [6.07, 6.45) is 1.11. The van der Waals surface area contributed by atoms with Gasteiger partial charge in [0, 0.05) is 51.3 Å². The van der Waals surface area contributed by atoms with Gasteiger partial charge < -0.3 is 24.4 Å². The molecule has 1 saturated heterocycles. The van der Waals surface area contributed by atoms with Crippen LogP contribution in [-0.2, 0) is 11.3 Å². The summed E-state index contributed by atoms with van der Waals surface area (Å²) in [5.74, 6) is 3.04. The maximum absolute atomic E-state index is 5.46. The fourth-order valence-corrected chi connectivity index (χ4v) is 2.68. The van der Waals surface area contributed by atoms with Gasteiger partial charge in [-0.3, -0.25) is 4.99 Å². The van der Waals surface area contributed by atoms with Crippen LogP contribution >= 0.6 is 0 Å². The van der Waals surface area contributed by atoms with Crippen LogP contribution in [0.15, 0.2) is 23.2 Å². The van der Waals surface area contributed by atoms with Crippen LogP contribution < -0.4 is 14.8 Å². The summed E-state index contributed by atoms with van der Waals surface area (Å²) in [6.45, 7) is 3.29. The van der Waals surface area contributed by atoms with Gasteiger partial charge in [0.1, 0.15) is 11.5 Å². The molecule has 1 heterocycles. The van der Waals surface area contributed by atoms with Gasteiger partial charge in [-0.25, -0.2) is 0 Å². The zero-order valence-corrected chi connectivity index (χ0v) is 14.5. The fraction of sp³-hybridized carbons (Fsp3) is 0.588. The number of ether oxygens (including phenoxy) is 3. The topological polar surface area (TPSA) is 55.3 Å². The highest BCUT2D eigenvalue weighted by atomic mass is 16.5. The van der Waals surface area contributed by atoms with E-state index in [1.165, 1.54) is 0 Å². The molecule has 23 heavy (non-hydrogen) atoms. The summed E-state index contributed by atoms with van der Waals surface area (Å²) in [4.78, 5) is 6.44. The minimum atomic E-state index is 0.565. The Morgan fingerprint density at radius 2 is 2.22 bits per heavy atom. The molecule has 6 nitrogen and oxygen atoms in total. The SMILES string of the molecule is CN=C(NCC1CCOC1)N(C)Cc1ccc(OC)cc1OC. The highest BCUT2D eigenvalue weighted by molar-refractivity contribution is 5.79. The third-order valence-electron chi connectivity index (χ3n) is 4.05. The number of nitrogens with zero attached hydrogens (tertiary/aromatic N) is 2. The fourth-order valence-electron chi connectivity index (χ4n) is 2.68. The molecule has 1 atom stereocenters. The molecule has 1 aromatic rings. The van der Waals surface area contributed by atoms with Crippen molar-refractivity contribution in [1.29, 1.82) is 0 Å². The Balaban J connectivity index is 1.97. The Hall–Kier alpha value is -1.95. The predicted octanol–water partition coefficient (Wildman–Crippen LogP) is 1.75. The van der Waals surface area contributed by atoms with E-state index in [0.717, 1.165) is 49.2 Å². The number of methoxy groups -OCH3 is 2. The van der Waals surface area contributed by atoms with Crippen LogP contribution in [0.3, 0.4) is 0 Å². The predicted molar refractivity (Wildman–Crippen MR) is 91.3 cm³/mol. The van der Waals surface area contributed by atoms with Crippen LogP contribution in [0.4, 0.5) is 0 Å². The van der Waals surface area contributed by atoms with E-state index in [1.54, 1.807) is 21.3 Å². The van der Waals surface area contributed by atoms with E-state index in [0.29, 0.717) is 12.5 Å². The largest absolute Gasteiger partial charge is 0.497 e. The number of benzene rings is 1. The minimum Gasteiger partial charge on any atom is -0.497 e. The van der Waals surface area contributed by atoms with Gasteiger partial charge in [-0.2, -0.15) is 0 Å². The summed E-state index contributed by atoms with van der Waals surface area (Å²) in [5.41, 5.74) is 1.09. The minimum absolute atomic E-state index is 0.565. The van der Waals surface area contributed by atoms with Gasteiger partial charge in [0.25, 0.3) is 0 Å². The van der Waals surface area contributed by atoms with Crippen LogP contribution in [-0.4, -0.2) is 58.9 Å². The standard InChI is InChI=1S/C17H27N3O3/c1-18-17(19-10-13-7-8-23-12-13)20(2)11-14-5-6-15(21-3)9-16(14)22-4/h5-6,9,13H,7-8,10-12H2,1-4H3,(H,18,19). The second-order valence-electron chi connectivity index (χ2n) is 5.69. The van der Waals surface area contributed by atoms with Crippen molar-refractivity contribution in [3.63, 3.8) is 0 Å². The van der Waals surface area contributed by atoms with Gasteiger partial charge in [0.05, 0.1) is 20.8 Å². The van der Waals surface area contributed by atoms with Gasteiger partial charge in [0.15, 0.2) is 5.96 Å². The zero-order valence-electron chi connectivity index (χ0n) is 14.5. The Bertz CT molecular complexity index is 528. The second kappa shape index (κ2) is 8.62. The van der Waals surface area contributed by atoms with Gasteiger partial charge in [0.2, 0.25) is 0 Å². The number of hydrogen-bond acceptors (Lipinski definition) is 4. The molecule has 0 aliphatic carbocycles. The molecule has 0 radical (unpaired) electrons. The zero-order chi connectivity index (χ0) is 16.7. The first-order chi connectivity index (χ1) is 11.2. The lowest BCUT2D eigenvalue weighted by Gasteiger charge is -2.24. The van der Waals surface area contributed by atoms with Crippen LogP contribution in [0.2, 0.25) is 0 Å². The van der Waals surface area contributed by atoms with Crippen molar-refractivity contribution in [2.45, 2.75) is 13.0 Å². The molecule has 1 N–H and O–H groups in total. The monoisotopic (exact) mass is 321 g/mol. The molecular formula is C17H27N3O3.